The number of amides is 1. The summed E-state index contributed by atoms with van der Waals surface area (Å²) in [6.45, 7) is 0.270. The highest BCUT2D eigenvalue weighted by Gasteiger charge is 2.30. The van der Waals surface area contributed by atoms with Gasteiger partial charge in [0.2, 0.25) is 0 Å². The van der Waals surface area contributed by atoms with Crippen molar-refractivity contribution in [1.82, 2.24) is 5.32 Å². The number of fused-ring (bicyclic) bond motifs is 1. The Balaban J connectivity index is 1.94. The van der Waals surface area contributed by atoms with Gasteiger partial charge in [0.1, 0.15) is 6.29 Å². The summed E-state index contributed by atoms with van der Waals surface area (Å²) in [5.74, 6) is -0.279. The summed E-state index contributed by atoms with van der Waals surface area (Å²) in [5.41, 5.74) is 1.21. The minimum Gasteiger partial charge on any atom is -0.352 e. The lowest BCUT2D eigenvalue weighted by Crippen LogP contribution is -2.24. The van der Waals surface area contributed by atoms with Gasteiger partial charge in [-0.15, -0.1) is 0 Å². The molecule has 3 nitrogen and oxygen atoms in total. The van der Waals surface area contributed by atoms with Crippen molar-refractivity contribution in [3.8, 4) is 11.1 Å². The van der Waals surface area contributed by atoms with E-state index in [4.69, 9.17) is 0 Å². The van der Waals surface area contributed by atoms with Crippen molar-refractivity contribution in [2.24, 2.45) is 0 Å². The molecule has 1 amide bonds. The van der Waals surface area contributed by atoms with E-state index in [1.807, 2.05) is 12.1 Å². The Labute approximate surface area is 153 Å². The van der Waals surface area contributed by atoms with Crippen LogP contribution in [0.4, 0.5) is 13.2 Å². The van der Waals surface area contributed by atoms with Crippen LogP contribution in [0.25, 0.3) is 21.9 Å². The number of rotatable bonds is 5. The number of hydrogen-bond donors (Lipinski definition) is 1. The first-order chi connectivity index (χ1) is 12.9. The van der Waals surface area contributed by atoms with Gasteiger partial charge in [0, 0.05) is 18.5 Å². The fraction of sp³-hybridized carbons (Fsp3) is 0.143. The molecule has 0 atom stereocenters. The Morgan fingerprint density at radius 2 is 1.74 bits per heavy atom. The molecule has 3 aromatic carbocycles. The van der Waals surface area contributed by atoms with E-state index >= 15 is 0 Å². The van der Waals surface area contributed by atoms with Crippen LogP contribution in [-0.2, 0) is 11.0 Å². The summed E-state index contributed by atoms with van der Waals surface area (Å²) in [6, 6.07) is 15.6. The molecule has 138 valence electrons. The van der Waals surface area contributed by atoms with Gasteiger partial charge >= 0.3 is 6.18 Å². The van der Waals surface area contributed by atoms with Gasteiger partial charge in [-0.2, -0.15) is 13.2 Å². The maximum absolute atomic E-state index is 12.7. The SMILES string of the molecule is O=CCCNC(=O)c1ccc2c(-c3ccc(C(F)(F)F)cc3)cccc2c1. The molecule has 1 N–H and O–H groups in total. The van der Waals surface area contributed by atoms with Crippen LogP contribution >= 0.6 is 0 Å². The van der Waals surface area contributed by atoms with Crippen molar-refractivity contribution in [1.29, 1.82) is 0 Å². The fourth-order valence-electron chi connectivity index (χ4n) is 2.86. The molecule has 3 rings (SSSR count). The number of nitrogens with one attached hydrogen (secondary N) is 1. The average Bonchev–Trinajstić information content (AvgIpc) is 2.66. The van der Waals surface area contributed by atoms with E-state index in [0.29, 0.717) is 11.1 Å². The topological polar surface area (TPSA) is 46.2 Å². The third kappa shape index (κ3) is 4.16. The lowest BCUT2D eigenvalue weighted by Gasteiger charge is -2.11. The van der Waals surface area contributed by atoms with Gasteiger partial charge in [-0.1, -0.05) is 36.4 Å². The zero-order valence-electron chi connectivity index (χ0n) is 14.2. The molecule has 0 spiro atoms. The molecule has 6 heteroatoms. The molecule has 0 radical (unpaired) electrons. The lowest BCUT2D eigenvalue weighted by molar-refractivity contribution is -0.137. The standard InChI is InChI=1S/C21H16F3NO2/c22-21(23,24)17-8-5-14(6-9-17)18-4-1-3-15-13-16(7-10-19(15)18)20(27)25-11-2-12-26/h1,3-10,12-13H,2,11H2,(H,25,27). The van der Waals surface area contributed by atoms with Crippen LogP contribution < -0.4 is 5.32 Å². The molecule has 0 aliphatic carbocycles. The van der Waals surface area contributed by atoms with E-state index < -0.39 is 11.7 Å². The number of alkyl halides is 3. The molecular weight excluding hydrogens is 355 g/mol. The van der Waals surface area contributed by atoms with E-state index in [9.17, 15) is 22.8 Å². The van der Waals surface area contributed by atoms with Crippen molar-refractivity contribution in [3.63, 3.8) is 0 Å². The molecule has 0 heterocycles. The highest BCUT2D eigenvalue weighted by atomic mass is 19.4. The van der Waals surface area contributed by atoms with Crippen molar-refractivity contribution >= 4 is 23.0 Å². The number of carbonyl (C=O) groups excluding carboxylic acids is 2. The van der Waals surface area contributed by atoms with E-state index in [1.54, 1.807) is 24.3 Å². The molecule has 0 bridgehead atoms. The minimum atomic E-state index is -4.37. The first-order valence-electron chi connectivity index (χ1n) is 8.32. The predicted molar refractivity (Wildman–Crippen MR) is 97.4 cm³/mol. The average molecular weight is 371 g/mol. The highest BCUT2D eigenvalue weighted by molar-refractivity contribution is 6.02. The van der Waals surface area contributed by atoms with Crippen molar-refractivity contribution in [3.05, 3.63) is 71.8 Å². The van der Waals surface area contributed by atoms with Gasteiger partial charge in [-0.3, -0.25) is 4.79 Å². The van der Waals surface area contributed by atoms with Gasteiger partial charge in [0.25, 0.3) is 5.91 Å². The summed E-state index contributed by atoms with van der Waals surface area (Å²) in [6.07, 6.45) is -3.39. The first-order valence-corrected chi connectivity index (χ1v) is 8.32. The second-order valence-electron chi connectivity index (χ2n) is 6.03. The van der Waals surface area contributed by atoms with Gasteiger partial charge in [-0.25, -0.2) is 0 Å². The van der Waals surface area contributed by atoms with E-state index in [2.05, 4.69) is 5.32 Å². The molecule has 0 aromatic heterocycles. The third-order valence-electron chi connectivity index (χ3n) is 4.21. The number of benzene rings is 3. The van der Waals surface area contributed by atoms with Crippen molar-refractivity contribution in [2.45, 2.75) is 12.6 Å². The van der Waals surface area contributed by atoms with Crippen LogP contribution in [0.3, 0.4) is 0 Å². The minimum absolute atomic E-state index is 0.247. The number of aldehydes is 1. The van der Waals surface area contributed by atoms with Gasteiger partial charge < -0.3 is 10.1 Å². The first kappa shape index (κ1) is 18.6. The summed E-state index contributed by atoms with van der Waals surface area (Å²) >= 11 is 0. The Hall–Kier alpha value is -3.15. The van der Waals surface area contributed by atoms with E-state index in [-0.39, 0.29) is 18.9 Å². The molecule has 0 aliphatic rings. The lowest BCUT2D eigenvalue weighted by atomic mass is 9.96. The zero-order valence-corrected chi connectivity index (χ0v) is 14.2. The van der Waals surface area contributed by atoms with Crippen molar-refractivity contribution in [2.75, 3.05) is 6.54 Å². The summed E-state index contributed by atoms with van der Waals surface area (Å²) < 4.78 is 38.2. The maximum atomic E-state index is 12.7. The van der Waals surface area contributed by atoms with Gasteiger partial charge in [0.15, 0.2) is 0 Å². The van der Waals surface area contributed by atoms with Gasteiger partial charge in [-0.05, 0) is 46.2 Å². The molecule has 0 unspecified atom stereocenters. The maximum Gasteiger partial charge on any atom is 0.416 e. The number of halogens is 3. The molecular formula is C21H16F3NO2. The molecule has 27 heavy (non-hydrogen) atoms. The molecule has 0 aliphatic heterocycles. The number of hydrogen-bond acceptors (Lipinski definition) is 2. The largest absolute Gasteiger partial charge is 0.416 e. The fourth-order valence-corrected chi connectivity index (χ4v) is 2.86. The Morgan fingerprint density at radius 1 is 1.00 bits per heavy atom. The molecule has 0 fully saturated rings. The Kier molecular flexibility index (Phi) is 5.26. The van der Waals surface area contributed by atoms with Crippen LogP contribution in [0, 0.1) is 0 Å². The van der Waals surface area contributed by atoms with Gasteiger partial charge in [0.05, 0.1) is 5.56 Å². The predicted octanol–water partition coefficient (Wildman–Crippen LogP) is 4.84. The summed E-state index contributed by atoms with van der Waals surface area (Å²) in [4.78, 5) is 22.4. The van der Waals surface area contributed by atoms with Crippen LogP contribution in [-0.4, -0.2) is 18.7 Å². The third-order valence-corrected chi connectivity index (χ3v) is 4.21. The van der Waals surface area contributed by atoms with Crippen LogP contribution in [0.15, 0.2) is 60.7 Å². The van der Waals surface area contributed by atoms with E-state index in [1.165, 1.54) is 12.1 Å². The van der Waals surface area contributed by atoms with E-state index in [0.717, 1.165) is 34.8 Å². The second-order valence-corrected chi connectivity index (χ2v) is 6.03. The molecule has 0 saturated carbocycles. The molecule has 3 aromatic rings. The van der Waals surface area contributed by atoms with Crippen LogP contribution in [0.1, 0.15) is 22.3 Å². The van der Waals surface area contributed by atoms with Crippen molar-refractivity contribution < 1.29 is 22.8 Å². The Bertz CT molecular complexity index is 979. The smallest absolute Gasteiger partial charge is 0.352 e. The highest BCUT2D eigenvalue weighted by Crippen LogP contribution is 2.33. The summed E-state index contributed by atoms with van der Waals surface area (Å²) in [5, 5.41) is 4.29. The number of carbonyl (C=O) groups is 2. The summed E-state index contributed by atoms with van der Waals surface area (Å²) in [7, 11) is 0. The zero-order chi connectivity index (χ0) is 19.4. The second kappa shape index (κ2) is 7.61. The molecule has 0 saturated heterocycles. The van der Waals surface area contributed by atoms with Crippen LogP contribution in [0.2, 0.25) is 0 Å². The Morgan fingerprint density at radius 3 is 2.41 bits per heavy atom. The van der Waals surface area contributed by atoms with Crippen LogP contribution in [0.5, 0.6) is 0 Å². The monoisotopic (exact) mass is 371 g/mol. The quantitative estimate of drug-likeness (QED) is 0.515. The normalized spacial score (nSPS) is 11.4.